The van der Waals surface area contributed by atoms with Gasteiger partial charge in [-0.05, 0) is 61.2 Å². The maximum absolute atomic E-state index is 12.7. The molecular weight excluding hydrogens is 414 g/mol. The Kier molecular flexibility index (Phi) is 6.11. The molecule has 1 N–H and O–H groups in total. The summed E-state index contributed by atoms with van der Waals surface area (Å²) in [5.74, 6) is -0.760. The Labute approximate surface area is 183 Å². The fourth-order valence-electron chi connectivity index (χ4n) is 4.11. The summed E-state index contributed by atoms with van der Waals surface area (Å²) in [6.45, 7) is 3.49. The first-order valence-electron chi connectivity index (χ1n) is 10.7. The van der Waals surface area contributed by atoms with Crippen molar-refractivity contribution in [1.29, 1.82) is 0 Å². The number of amides is 2. The molecule has 0 bridgehead atoms. The van der Waals surface area contributed by atoms with E-state index in [1.54, 1.807) is 17.0 Å². The lowest BCUT2D eigenvalue weighted by atomic mass is 10.1. The third-order valence-electron chi connectivity index (χ3n) is 5.95. The second kappa shape index (κ2) is 8.80. The fraction of sp³-hybridized carbons (Fsp3) is 0.391. The molecule has 0 aromatic heterocycles. The largest absolute Gasteiger partial charge is 0.326 e. The topological polar surface area (TPSA) is 86.8 Å². The van der Waals surface area contributed by atoms with E-state index >= 15 is 0 Å². The van der Waals surface area contributed by atoms with Crippen molar-refractivity contribution in [2.45, 2.75) is 37.5 Å². The second-order valence-corrected chi connectivity index (χ2v) is 9.99. The number of nitrogens with zero attached hydrogens (tertiary/aromatic N) is 2. The molecule has 2 amide bonds. The predicted octanol–water partition coefficient (Wildman–Crippen LogP) is 3.03. The molecule has 2 aliphatic heterocycles. The van der Waals surface area contributed by atoms with Gasteiger partial charge in [-0.2, -0.15) is 4.31 Å². The smallest absolute Gasteiger partial charge is 0.243 e. The number of hydrogen-bond acceptors (Lipinski definition) is 4. The van der Waals surface area contributed by atoms with Gasteiger partial charge in [0, 0.05) is 37.4 Å². The molecule has 8 heteroatoms. The van der Waals surface area contributed by atoms with E-state index in [2.05, 4.69) is 12.2 Å². The second-order valence-electron chi connectivity index (χ2n) is 8.05. The molecule has 0 spiro atoms. The Hall–Kier alpha value is -2.71. The van der Waals surface area contributed by atoms with Crippen LogP contribution in [-0.4, -0.2) is 44.2 Å². The Balaban J connectivity index is 1.41. The number of anilines is 2. The van der Waals surface area contributed by atoms with E-state index in [4.69, 9.17) is 0 Å². The molecule has 2 aromatic rings. The summed E-state index contributed by atoms with van der Waals surface area (Å²) in [4.78, 5) is 27.1. The van der Waals surface area contributed by atoms with Crippen LogP contribution in [0.25, 0.3) is 0 Å². The molecule has 164 valence electrons. The SMILES string of the molecule is CCc1cccc(N2CC(C(=O)Nc3ccc(S(=O)(=O)N4CCCC4)cc3)CC2=O)c1. The molecule has 0 saturated carbocycles. The van der Waals surface area contributed by atoms with Gasteiger partial charge < -0.3 is 10.2 Å². The van der Waals surface area contributed by atoms with E-state index in [0.29, 0.717) is 25.3 Å². The Bertz CT molecular complexity index is 1080. The average molecular weight is 442 g/mol. The highest BCUT2D eigenvalue weighted by Gasteiger charge is 2.35. The number of aryl methyl sites for hydroxylation is 1. The van der Waals surface area contributed by atoms with Crippen molar-refractivity contribution < 1.29 is 18.0 Å². The summed E-state index contributed by atoms with van der Waals surface area (Å²) < 4.78 is 26.7. The first-order chi connectivity index (χ1) is 14.9. The number of carbonyl (C=O) groups excluding carboxylic acids is 2. The highest BCUT2D eigenvalue weighted by atomic mass is 32.2. The maximum Gasteiger partial charge on any atom is 0.243 e. The summed E-state index contributed by atoms with van der Waals surface area (Å²) in [5, 5.41) is 2.82. The first kappa shape index (κ1) is 21.5. The van der Waals surface area contributed by atoms with E-state index in [1.165, 1.54) is 16.4 Å². The van der Waals surface area contributed by atoms with Crippen LogP contribution in [0.1, 0.15) is 31.7 Å². The quantitative estimate of drug-likeness (QED) is 0.747. The van der Waals surface area contributed by atoms with E-state index in [0.717, 1.165) is 30.5 Å². The average Bonchev–Trinajstić information content (AvgIpc) is 3.45. The van der Waals surface area contributed by atoms with Crippen LogP contribution in [-0.2, 0) is 26.0 Å². The number of rotatable bonds is 6. The monoisotopic (exact) mass is 441 g/mol. The highest BCUT2D eigenvalue weighted by Crippen LogP contribution is 2.27. The summed E-state index contributed by atoms with van der Waals surface area (Å²) in [7, 11) is -3.48. The minimum Gasteiger partial charge on any atom is -0.326 e. The molecule has 31 heavy (non-hydrogen) atoms. The molecule has 2 fully saturated rings. The van der Waals surface area contributed by atoms with Crippen molar-refractivity contribution in [3.8, 4) is 0 Å². The van der Waals surface area contributed by atoms with Crippen LogP contribution >= 0.6 is 0 Å². The van der Waals surface area contributed by atoms with Crippen LogP contribution in [0.5, 0.6) is 0 Å². The molecule has 0 radical (unpaired) electrons. The molecule has 1 unspecified atom stereocenters. The maximum atomic E-state index is 12.7. The standard InChI is InChI=1S/C23H27N3O4S/c1-2-17-6-5-7-20(14-17)26-16-18(15-22(26)27)23(28)24-19-8-10-21(11-9-19)31(29,30)25-12-3-4-13-25/h5-11,14,18H,2-4,12-13,15-16H2,1H3,(H,24,28). The minimum atomic E-state index is -3.48. The lowest BCUT2D eigenvalue weighted by Crippen LogP contribution is -2.28. The van der Waals surface area contributed by atoms with E-state index < -0.39 is 15.9 Å². The van der Waals surface area contributed by atoms with Crippen LogP contribution in [0.2, 0.25) is 0 Å². The third-order valence-corrected chi connectivity index (χ3v) is 7.86. The summed E-state index contributed by atoms with van der Waals surface area (Å²) >= 11 is 0. The number of carbonyl (C=O) groups is 2. The molecular formula is C23H27N3O4S. The zero-order valence-electron chi connectivity index (χ0n) is 17.6. The summed E-state index contributed by atoms with van der Waals surface area (Å²) in [5.41, 5.74) is 2.47. The fourth-order valence-corrected chi connectivity index (χ4v) is 5.63. The zero-order valence-corrected chi connectivity index (χ0v) is 18.4. The minimum absolute atomic E-state index is 0.0690. The molecule has 2 aliphatic rings. The van der Waals surface area contributed by atoms with Crippen LogP contribution in [0.15, 0.2) is 53.4 Å². The Morgan fingerprint density at radius 2 is 1.81 bits per heavy atom. The van der Waals surface area contributed by atoms with Crippen molar-refractivity contribution in [3.63, 3.8) is 0 Å². The number of hydrogen-bond donors (Lipinski definition) is 1. The van der Waals surface area contributed by atoms with E-state index in [9.17, 15) is 18.0 Å². The van der Waals surface area contributed by atoms with Gasteiger partial charge in [-0.25, -0.2) is 8.42 Å². The number of sulfonamides is 1. The molecule has 2 aromatic carbocycles. The van der Waals surface area contributed by atoms with Crippen molar-refractivity contribution >= 4 is 33.2 Å². The van der Waals surface area contributed by atoms with Gasteiger partial charge in [-0.1, -0.05) is 19.1 Å². The van der Waals surface area contributed by atoms with Gasteiger partial charge >= 0.3 is 0 Å². The van der Waals surface area contributed by atoms with Gasteiger partial charge in [-0.3, -0.25) is 9.59 Å². The Morgan fingerprint density at radius 3 is 2.48 bits per heavy atom. The van der Waals surface area contributed by atoms with E-state index in [-0.39, 0.29) is 23.1 Å². The van der Waals surface area contributed by atoms with Crippen LogP contribution in [0, 0.1) is 5.92 Å². The Morgan fingerprint density at radius 1 is 1.10 bits per heavy atom. The normalized spacial score (nSPS) is 19.7. The number of nitrogens with one attached hydrogen (secondary N) is 1. The third kappa shape index (κ3) is 4.50. The lowest BCUT2D eigenvalue weighted by molar-refractivity contribution is -0.122. The van der Waals surface area contributed by atoms with E-state index in [1.807, 2.05) is 24.3 Å². The highest BCUT2D eigenvalue weighted by molar-refractivity contribution is 7.89. The first-order valence-corrected chi connectivity index (χ1v) is 12.1. The summed E-state index contributed by atoms with van der Waals surface area (Å²) in [6, 6.07) is 14.0. The molecule has 4 rings (SSSR count). The van der Waals surface area contributed by atoms with Gasteiger partial charge in [0.05, 0.1) is 10.8 Å². The van der Waals surface area contributed by atoms with Gasteiger partial charge in [0.25, 0.3) is 0 Å². The van der Waals surface area contributed by atoms with Gasteiger partial charge in [-0.15, -0.1) is 0 Å². The molecule has 1 atom stereocenters. The molecule has 7 nitrogen and oxygen atoms in total. The van der Waals surface area contributed by atoms with Gasteiger partial charge in [0.15, 0.2) is 0 Å². The molecule has 0 aliphatic carbocycles. The van der Waals surface area contributed by atoms with Crippen molar-refractivity contribution in [2.24, 2.45) is 5.92 Å². The van der Waals surface area contributed by atoms with Gasteiger partial charge in [0.2, 0.25) is 21.8 Å². The van der Waals surface area contributed by atoms with Crippen LogP contribution in [0.4, 0.5) is 11.4 Å². The van der Waals surface area contributed by atoms with Crippen molar-refractivity contribution in [1.82, 2.24) is 4.31 Å². The van der Waals surface area contributed by atoms with Gasteiger partial charge in [0.1, 0.15) is 0 Å². The molecule has 2 saturated heterocycles. The zero-order chi connectivity index (χ0) is 22.0. The number of benzene rings is 2. The van der Waals surface area contributed by atoms with Crippen molar-refractivity contribution in [3.05, 3.63) is 54.1 Å². The predicted molar refractivity (Wildman–Crippen MR) is 119 cm³/mol. The van der Waals surface area contributed by atoms with Crippen LogP contribution in [0.3, 0.4) is 0 Å². The van der Waals surface area contributed by atoms with Crippen molar-refractivity contribution in [2.75, 3.05) is 29.9 Å². The molecule has 2 heterocycles. The summed E-state index contributed by atoms with van der Waals surface area (Å²) in [6.07, 6.45) is 2.80. The lowest BCUT2D eigenvalue weighted by Gasteiger charge is -2.18. The van der Waals surface area contributed by atoms with Crippen LogP contribution < -0.4 is 10.2 Å².